The zero-order valence-corrected chi connectivity index (χ0v) is 19.4. The molecule has 0 spiro atoms. The lowest BCUT2D eigenvalue weighted by Gasteiger charge is -2.56. The Morgan fingerprint density at radius 2 is 2.25 bits per heavy atom. The molecule has 0 bridgehead atoms. The zero-order chi connectivity index (χ0) is 23.0. The molecule has 0 saturated carbocycles. The number of aromatic nitrogens is 1. The van der Waals surface area contributed by atoms with Gasteiger partial charge in [0.2, 0.25) is 0 Å². The van der Waals surface area contributed by atoms with E-state index in [2.05, 4.69) is 15.5 Å². The van der Waals surface area contributed by atoms with Gasteiger partial charge in [0.1, 0.15) is 16.8 Å². The molecule has 0 aliphatic carbocycles. The second kappa shape index (κ2) is 8.92. The van der Waals surface area contributed by atoms with Crippen LogP contribution in [0.15, 0.2) is 21.8 Å². The summed E-state index contributed by atoms with van der Waals surface area (Å²) in [5.74, 6) is -2.22. The summed E-state index contributed by atoms with van der Waals surface area (Å²) in [5.41, 5.74) is 5.79. The summed E-state index contributed by atoms with van der Waals surface area (Å²) in [6, 6.07) is 0. The number of carbonyl (C=O) groups is 3. The maximum absolute atomic E-state index is 13.3. The zero-order valence-electron chi connectivity index (χ0n) is 16.9. The van der Waals surface area contributed by atoms with Gasteiger partial charge in [-0.3, -0.25) is 14.5 Å². The van der Waals surface area contributed by atoms with Crippen molar-refractivity contribution in [2.24, 2.45) is 5.16 Å². The van der Waals surface area contributed by atoms with Gasteiger partial charge in [0.15, 0.2) is 15.7 Å². The minimum absolute atomic E-state index is 0.0755. The molecule has 3 atom stereocenters. The van der Waals surface area contributed by atoms with Gasteiger partial charge in [-0.15, -0.1) is 34.9 Å². The van der Waals surface area contributed by atoms with Crippen LogP contribution < -0.4 is 11.1 Å². The molecule has 32 heavy (non-hydrogen) atoms. The summed E-state index contributed by atoms with van der Waals surface area (Å²) in [6.07, 6.45) is 3.87. The molecule has 2 fully saturated rings. The Morgan fingerprint density at radius 1 is 1.47 bits per heavy atom. The molecular weight excluding hydrogens is 478 g/mol. The number of carbonyl (C=O) groups excluding carboxylic acids is 2. The van der Waals surface area contributed by atoms with Crippen LogP contribution in [0.4, 0.5) is 5.13 Å². The fraction of sp³-hybridized carbons (Fsp3) is 0.500. The topological polar surface area (TPSA) is 167 Å². The van der Waals surface area contributed by atoms with Crippen molar-refractivity contribution in [3.63, 3.8) is 0 Å². The summed E-state index contributed by atoms with van der Waals surface area (Å²) in [6.45, 7) is 0.554. The van der Waals surface area contributed by atoms with E-state index in [-0.39, 0.29) is 28.3 Å². The highest BCUT2D eigenvalue weighted by Crippen LogP contribution is 2.51. The lowest BCUT2D eigenvalue weighted by atomic mass is 9.96. The van der Waals surface area contributed by atoms with Crippen LogP contribution in [0.1, 0.15) is 25.0 Å². The number of β-lactam (4-membered cyclic amide) rings is 1. The van der Waals surface area contributed by atoms with Gasteiger partial charge in [-0.05, 0) is 31.1 Å². The number of hydrogen-bond donors (Lipinski definition) is 4. The molecule has 2 amide bonds. The number of anilines is 1. The molecule has 2 unspecified atom stereocenters. The van der Waals surface area contributed by atoms with Crippen molar-refractivity contribution >= 4 is 63.5 Å². The summed E-state index contributed by atoms with van der Waals surface area (Å²) in [7, 11) is 0. The van der Waals surface area contributed by atoms with Crippen molar-refractivity contribution in [2.45, 2.75) is 35.6 Å². The van der Waals surface area contributed by atoms with Crippen LogP contribution in [0.5, 0.6) is 0 Å². The third-order valence-electron chi connectivity index (χ3n) is 5.53. The van der Waals surface area contributed by atoms with E-state index in [0.29, 0.717) is 24.4 Å². The fourth-order valence-electron chi connectivity index (χ4n) is 4.00. The number of nitrogens with one attached hydrogen (secondary N) is 1. The number of oxime groups is 1. The fourth-order valence-corrected chi connectivity index (χ4v) is 7.22. The van der Waals surface area contributed by atoms with E-state index < -0.39 is 28.0 Å². The first kappa shape index (κ1) is 22.9. The van der Waals surface area contributed by atoms with Gasteiger partial charge in [0.05, 0.1) is 6.10 Å². The van der Waals surface area contributed by atoms with E-state index in [0.717, 1.165) is 35.9 Å². The van der Waals surface area contributed by atoms with Crippen LogP contribution in [-0.2, 0) is 19.1 Å². The lowest BCUT2D eigenvalue weighted by Crippen LogP contribution is -2.78. The molecular formula is C18H21N5O6S3. The van der Waals surface area contributed by atoms with Crippen molar-refractivity contribution in [1.29, 1.82) is 0 Å². The number of nitrogens with two attached hydrogens (primary N) is 1. The van der Waals surface area contributed by atoms with E-state index >= 15 is 0 Å². The smallest absolute Gasteiger partial charge is 0.352 e. The molecule has 4 heterocycles. The van der Waals surface area contributed by atoms with Gasteiger partial charge in [-0.2, -0.15) is 0 Å². The first-order chi connectivity index (χ1) is 15.3. The van der Waals surface area contributed by atoms with Gasteiger partial charge in [0.25, 0.3) is 11.8 Å². The number of hydrogen-bond acceptors (Lipinski definition) is 11. The molecule has 1 aromatic heterocycles. The Morgan fingerprint density at radius 3 is 2.81 bits per heavy atom. The van der Waals surface area contributed by atoms with Gasteiger partial charge in [0, 0.05) is 17.7 Å². The van der Waals surface area contributed by atoms with Gasteiger partial charge < -0.3 is 26.1 Å². The summed E-state index contributed by atoms with van der Waals surface area (Å²) in [5, 5.41) is 25.9. The van der Waals surface area contributed by atoms with Crippen LogP contribution in [0.2, 0.25) is 0 Å². The Hall–Kier alpha value is -2.29. The SMILES string of the molecule is CSC1(NC(=O)/C(=N\O)c2csc(N)n2)C(=O)N2C(C(=O)O)=C(C3CCCCO3)CS[C@H]21. The Kier molecular flexibility index (Phi) is 6.38. The van der Waals surface area contributed by atoms with E-state index in [9.17, 15) is 24.7 Å². The third-order valence-corrected chi connectivity index (χ3v) is 8.86. The molecule has 3 aliphatic rings. The molecule has 3 aliphatic heterocycles. The molecule has 2 saturated heterocycles. The van der Waals surface area contributed by atoms with Crippen molar-refractivity contribution < 1.29 is 29.4 Å². The molecule has 14 heteroatoms. The van der Waals surface area contributed by atoms with E-state index in [1.54, 1.807) is 6.26 Å². The van der Waals surface area contributed by atoms with E-state index in [1.165, 1.54) is 22.0 Å². The normalized spacial score (nSPS) is 28.2. The standard InChI is InChI=1S/C18H21N5O6S3/c1-30-18(21-13(24)11(22-28)9-7-32-17(19)20-9)15(27)23-12(14(25)26)8(6-31-16(18)23)10-4-2-3-5-29-10/h7,10,16,28H,2-6H2,1H3,(H2,19,20)(H,21,24)(H,25,26)/b22-11-/t10?,16-,18?/m0/s1. The molecule has 0 aromatic carbocycles. The number of nitrogens with zero attached hydrogens (tertiary/aromatic N) is 3. The summed E-state index contributed by atoms with van der Waals surface area (Å²) in [4.78, 5) is 42.0. The molecule has 0 radical (unpaired) electrons. The number of rotatable bonds is 6. The number of nitrogen functional groups attached to an aromatic ring is 1. The van der Waals surface area contributed by atoms with Crippen molar-refractivity contribution in [3.05, 3.63) is 22.3 Å². The monoisotopic (exact) mass is 499 g/mol. The Bertz CT molecular complexity index is 1020. The quantitative estimate of drug-likeness (QED) is 0.145. The lowest BCUT2D eigenvalue weighted by molar-refractivity contribution is -0.152. The van der Waals surface area contributed by atoms with Crippen LogP contribution in [-0.4, -0.2) is 78.7 Å². The number of thioether (sulfide) groups is 2. The highest BCUT2D eigenvalue weighted by atomic mass is 32.2. The second-order valence-corrected chi connectivity index (χ2v) is 10.3. The average Bonchev–Trinajstić information content (AvgIpc) is 3.22. The number of fused-ring (bicyclic) bond motifs is 1. The van der Waals surface area contributed by atoms with Gasteiger partial charge in [-0.1, -0.05) is 5.16 Å². The van der Waals surface area contributed by atoms with Crippen LogP contribution in [0.3, 0.4) is 0 Å². The molecule has 172 valence electrons. The molecule has 1 aromatic rings. The second-order valence-electron chi connectivity index (χ2n) is 7.29. The number of aliphatic carboxylic acids is 1. The Balaban J connectivity index is 1.61. The number of carboxylic acid groups (broad SMARTS) is 1. The first-order valence-electron chi connectivity index (χ1n) is 9.68. The minimum atomic E-state index is -1.42. The first-order valence-corrected chi connectivity index (χ1v) is 12.8. The predicted molar refractivity (Wildman–Crippen MR) is 121 cm³/mol. The number of thiazole rings is 1. The summed E-state index contributed by atoms with van der Waals surface area (Å²) >= 11 is 3.53. The van der Waals surface area contributed by atoms with Crippen LogP contribution in [0.25, 0.3) is 0 Å². The predicted octanol–water partition coefficient (Wildman–Crippen LogP) is 0.902. The number of carboxylic acids is 1. The van der Waals surface area contributed by atoms with Crippen LogP contribution >= 0.6 is 34.9 Å². The van der Waals surface area contributed by atoms with Crippen molar-refractivity contribution in [2.75, 3.05) is 24.3 Å². The number of ether oxygens (including phenoxy) is 1. The summed E-state index contributed by atoms with van der Waals surface area (Å²) < 4.78 is 5.77. The molecule has 5 N–H and O–H groups in total. The van der Waals surface area contributed by atoms with E-state index in [4.69, 9.17) is 10.5 Å². The van der Waals surface area contributed by atoms with Crippen LogP contribution in [0, 0.1) is 0 Å². The van der Waals surface area contributed by atoms with Crippen molar-refractivity contribution in [1.82, 2.24) is 15.2 Å². The highest BCUT2D eigenvalue weighted by Gasteiger charge is 2.66. The third kappa shape index (κ3) is 3.64. The van der Waals surface area contributed by atoms with Crippen molar-refractivity contribution in [3.8, 4) is 0 Å². The largest absolute Gasteiger partial charge is 0.477 e. The highest BCUT2D eigenvalue weighted by molar-refractivity contribution is 8.05. The molecule has 4 rings (SSSR count). The average molecular weight is 500 g/mol. The Labute approximate surface area is 195 Å². The number of amides is 2. The van der Waals surface area contributed by atoms with Gasteiger partial charge in [-0.25, -0.2) is 9.78 Å². The molecule has 11 nitrogen and oxygen atoms in total. The van der Waals surface area contributed by atoms with E-state index in [1.807, 2.05) is 0 Å². The maximum Gasteiger partial charge on any atom is 0.352 e. The minimum Gasteiger partial charge on any atom is -0.477 e. The van der Waals surface area contributed by atoms with Gasteiger partial charge >= 0.3 is 5.97 Å². The maximum atomic E-state index is 13.3.